The predicted molar refractivity (Wildman–Crippen MR) is 86.7 cm³/mol. The van der Waals surface area contributed by atoms with E-state index in [4.69, 9.17) is 0 Å². The smallest absolute Gasteiger partial charge is 0.0109 e. The summed E-state index contributed by atoms with van der Waals surface area (Å²) in [5, 5.41) is 0. The zero-order valence-electron chi connectivity index (χ0n) is 13.4. The number of thiol groups is 1. The maximum Gasteiger partial charge on any atom is 0.0109 e. The van der Waals surface area contributed by atoms with Crippen molar-refractivity contribution in [3.05, 3.63) is 0 Å². The van der Waals surface area contributed by atoms with Crippen LogP contribution in [0.3, 0.4) is 0 Å². The van der Waals surface area contributed by atoms with Gasteiger partial charge in [0.1, 0.15) is 0 Å². The van der Waals surface area contributed by atoms with Crippen LogP contribution >= 0.6 is 12.6 Å². The van der Waals surface area contributed by atoms with Crippen molar-refractivity contribution in [1.29, 1.82) is 0 Å². The third-order valence-electron chi connectivity index (χ3n) is 3.88. The summed E-state index contributed by atoms with van der Waals surface area (Å²) in [6.45, 7) is 13.9. The van der Waals surface area contributed by atoms with Crippen molar-refractivity contribution in [3.63, 3.8) is 0 Å². The highest BCUT2D eigenvalue weighted by Crippen LogP contribution is 2.29. The second-order valence-corrected chi connectivity index (χ2v) is 6.61. The highest BCUT2D eigenvalue weighted by Gasteiger charge is 2.27. The largest absolute Gasteiger partial charge is 0.308 e. The molecule has 0 saturated carbocycles. The number of likely N-dealkylation sites (N-methyl/N-ethyl adjacent to an activating group) is 1. The van der Waals surface area contributed by atoms with Crippen molar-refractivity contribution in [2.24, 2.45) is 11.3 Å². The summed E-state index contributed by atoms with van der Waals surface area (Å²) in [5.41, 5.74) is 0.393. The Kier molecular flexibility index (Phi) is 9.36. The average molecular weight is 275 g/mol. The Hall–Kier alpha value is 0.270. The normalized spacial score (nSPS) is 13.0. The maximum atomic E-state index is 4.60. The van der Waals surface area contributed by atoms with Crippen LogP contribution in [-0.4, -0.2) is 55.8 Å². The van der Waals surface area contributed by atoms with E-state index in [2.05, 4.69) is 64.2 Å². The number of hydrogen-bond acceptors (Lipinski definition) is 3. The molecule has 0 aliphatic rings. The zero-order chi connectivity index (χ0) is 14.2. The van der Waals surface area contributed by atoms with Crippen LogP contribution in [-0.2, 0) is 0 Å². The van der Waals surface area contributed by atoms with Crippen LogP contribution in [0.2, 0.25) is 0 Å². The van der Waals surface area contributed by atoms with Gasteiger partial charge in [-0.2, -0.15) is 12.6 Å². The van der Waals surface area contributed by atoms with E-state index in [1.54, 1.807) is 0 Å². The molecule has 110 valence electrons. The topological polar surface area (TPSA) is 6.48 Å². The Morgan fingerprint density at radius 1 is 1.06 bits per heavy atom. The van der Waals surface area contributed by atoms with Crippen molar-refractivity contribution in [3.8, 4) is 0 Å². The van der Waals surface area contributed by atoms with Gasteiger partial charge in [-0.05, 0) is 44.0 Å². The molecule has 0 aromatic heterocycles. The van der Waals surface area contributed by atoms with Crippen LogP contribution in [0, 0.1) is 11.3 Å². The van der Waals surface area contributed by atoms with Crippen LogP contribution in [0.25, 0.3) is 0 Å². The number of nitrogens with zero attached hydrogens (tertiary/aromatic N) is 2. The van der Waals surface area contributed by atoms with Crippen LogP contribution in [0.1, 0.15) is 40.5 Å². The van der Waals surface area contributed by atoms with E-state index in [9.17, 15) is 0 Å². The summed E-state index contributed by atoms with van der Waals surface area (Å²) in [7, 11) is 4.30. The Balaban J connectivity index is 4.53. The van der Waals surface area contributed by atoms with Gasteiger partial charge in [0.2, 0.25) is 0 Å². The molecule has 18 heavy (non-hydrogen) atoms. The third kappa shape index (κ3) is 7.01. The van der Waals surface area contributed by atoms with E-state index in [-0.39, 0.29) is 0 Å². The highest BCUT2D eigenvalue weighted by atomic mass is 32.1. The molecular formula is C15H34N2S. The fourth-order valence-corrected chi connectivity index (χ4v) is 2.86. The van der Waals surface area contributed by atoms with Crippen LogP contribution in [0.15, 0.2) is 0 Å². The fraction of sp³-hybridized carbons (Fsp3) is 1.00. The van der Waals surface area contributed by atoms with Crippen LogP contribution < -0.4 is 0 Å². The van der Waals surface area contributed by atoms with E-state index in [0.717, 1.165) is 18.2 Å². The van der Waals surface area contributed by atoms with E-state index in [1.165, 1.54) is 32.5 Å². The van der Waals surface area contributed by atoms with Gasteiger partial charge in [0.25, 0.3) is 0 Å². The molecule has 0 spiro atoms. The third-order valence-corrected chi connectivity index (χ3v) is 4.55. The quantitative estimate of drug-likeness (QED) is 0.611. The van der Waals surface area contributed by atoms with Gasteiger partial charge in [0.15, 0.2) is 0 Å². The minimum absolute atomic E-state index is 0.393. The van der Waals surface area contributed by atoms with Gasteiger partial charge in [0, 0.05) is 26.2 Å². The first-order chi connectivity index (χ1) is 8.39. The molecule has 0 bridgehead atoms. The summed E-state index contributed by atoms with van der Waals surface area (Å²) in [4.78, 5) is 4.90. The molecule has 0 atom stereocenters. The van der Waals surface area contributed by atoms with Gasteiger partial charge in [0.05, 0.1) is 0 Å². The van der Waals surface area contributed by atoms with Gasteiger partial charge in [-0.3, -0.25) is 0 Å². The molecule has 2 nitrogen and oxygen atoms in total. The molecule has 0 rings (SSSR count). The lowest BCUT2D eigenvalue weighted by Gasteiger charge is -2.37. The Labute approximate surface area is 121 Å². The second kappa shape index (κ2) is 9.22. The summed E-state index contributed by atoms with van der Waals surface area (Å²) in [6.07, 6.45) is 2.45. The van der Waals surface area contributed by atoms with Crippen LogP contribution in [0.5, 0.6) is 0 Å². The minimum atomic E-state index is 0.393. The van der Waals surface area contributed by atoms with Gasteiger partial charge >= 0.3 is 0 Å². The summed E-state index contributed by atoms with van der Waals surface area (Å²) in [5.74, 6) is 1.73. The van der Waals surface area contributed by atoms with Crippen molar-refractivity contribution in [1.82, 2.24) is 9.80 Å². The van der Waals surface area contributed by atoms with Crippen LogP contribution in [0.4, 0.5) is 0 Å². The van der Waals surface area contributed by atoms with Gasteiger partial charge in [-0.15, -0.1) is 0 Å². The lowest BCUT2D eigenvalue weighted by molar-refractivity contribution is 0.135. The highest BCUT2D eigenvalue weighted by molar-refractivity contribution is 7.80. The Morgan fingerprint density at radius 3 is 1.94 bits per heavy atom. The van der Waals surface area contributed by atoms with E-state index >= 15 is 0 Å². The molecule has 0 aromatic rings. The summed E-state index contributed by atoms with van der Waals surface area (Å²) < 4.78 is 0. The van der Waals surface area contributed by atoms with Gasteiger partial charge in [-0.25, -0.2) is 0 Å². The molecule has 0 heterocycles. The molecule has 0 aliphatic carbocycles. The number of hydrogen-bond donors (Lipinski definition) is 1. The minimum Gasteiger partial charge on any atom is -0.308 e. The first-order valence-corrected chi connectivity index (χ1v) is 8.00. The standard InChI is InChI=1S/C15H34N2S/c1-7-15(8-2,13-18)12-17(11-14(3)4)10-9-16(5)6/h14,18H,7-13H2,1-6H3. The van der Waals surface area contributed by atoms with E-state index in [1.807, 2.05) is 0 Å². The maximum absolute atomic E-state index is 4.60. The zero-order valence-corrected chi connectivity index (χ0v) is 14.3. The fourth-order valence-electron chi connectivity index (χ4n) is 2.31. The predicted octanol–water partition coefficient (Wildman–Crippen LogP) is 3.24. The summed E-state index contributed by atoms with van der Waals surface area (Å²) in [6, 6.07) is 0. The first-order valence-electron chi connectivity index (χ1n) is 7.37. The molecule has 0 N–H and O–H groups in total. The monoisotopic (exact) mass is 274 g/mol. The lowest BCUT2D eigenvalue weighted by Crippen LogP contribution is -2.43. The molecule has 0 amide bonds. The van der Waals surface area contributed by atoms with Crippen molar-refractivity contribution >= 4 is 12.6 Å². The van der Waals surface area contributed by atoms with Gasteiger partial charge < -0.3 is 9.80 Å². The SMILES string of the molecule is CCC(CC)(CS)CN(CCN(C)C)CC(C)C. The average Bonchev–Trinajstić information content (AvgIpc) is 2.32. The lowest BCUT2D eigenvalue weighted by atomic mass is 9.83. The van der Waals surface area contributed by atoms with Crippen molar-refractivity contribution < 1.29 is 0 Å². The number of rotatable bonds is 10. The molecular weight excluding hydrogens is 240 g/mol. The van der Waals surface area contributed by atoms with Crippen molar-refractivity contribution in [2.75, 3.05) is 46.0 Å². The van der Waals surface area contributed by atoms with Crippen molar-refractivity contribution in [2.45, 2.75) is 40.5 Å². The van der Waals surface area contributed by atoms with E-state index in [0.29, 0.717) is 5.41 Å². The first kappa shape index (κ1) is 18.3. The molecule has 0 radical (unpaired) electrons. The molecule has 3 heteroatoms. The molecule has 0 unspecified atom stereocenters. The summed E-state index contributed by atoms with van der Waals surface area (Å²) >= 11 is 4.60. The second-order valence-electron chi connectivity index (χ2n) is 6.30. The Morgan fingerprint density at radius 2 is 1.61 bits per heavy atom. The van der Waals surface area contributed by atoms with E-state index < -0.39 is 0 Å². The molecule has 0 aliphatic heterocycles. The molecule has 0 fully saturated rings. The molecule has 0 saturated heterocycles. The molecule has 0 aromatic carbocycles. The Bertz CT molecular complexity index is 192. The van der Waals surface area contributed by atoms with Gasteiger partial charge in [-0.1, -0.05) is 27.7 Å².